The Morgan fingerprint density at radius 1 is 0.931 bits per heavy atom. The Morgan fingerprint density at radius 2 is 1.59 bits per heavy atom. The number of fused-ring (bicyclic) bond motifs is 1. The lowest BCUT2D eigenvalue weighted by Gasteiger charge is -2.32. The number of alkyl halides is 5. The van der Waals surface area contributed by atoms with Crippen LogP contribution < -0.4 is 10.2 Å². The molecule has 0 saturated carbocycles. The van der Waals surface area contributed by atoms with E-state index >= 15 is 0 Å². The van der Waals surface area contributed by atoms with Crippen molar-refractivity contribution in [2.45, 2.75) is 31.0 Å². The molecule has 3 nitrogen and oxygen atoms in total. The fourth-order valence-electron chi connectivity index (χ4n) is 3.39. The van der Waals surface area contributed by atoms with Crippen molar-refractivity contribution < 1.29 is 22.0 Å². The second-order valence-electron chi connectivity index (χ2n) is 7.02. The number of benzene rings is 2. The molecule has 0 unspecified atom stereocenters. The maximum Gasteiger partial charge on any atom is 0.458 e. The summed E-state index contributed by atoms with van der Waals surface area (Å²) in [6.07, 6.45) is -3.97. The van der Waals surface area contributed by atoms with Gasteiger partial charge >= 0.3 is 12.1 Å². The van der Waals surface area contributed by atoms with Gasteiger partial charge in [0.05, 0.1) is 10.2 Å². The van der Waals surface area contributed by atoms with E-state index in [-0.39, 0.29) is 6.04 Å². The molecular formula is C20H18F5N3S. The summed E-state index contributed by atoms with van der Waals surface area (Å²) < 4.78 is 65.3. The molecule has 3 aromatic rings. The van der Waals surface area contributed by atoms with Crippen LogP contribution in [0.15, 0.2) is 48.5 Å². The predicted octanol–water partition coefficient (Wildman–Crippen LogP) is 6.03. The summed E-state index contributed by atoms with van der Waals surface area (Å²) in [6.45, 7) is 1.59. The zero-order valence-corrected chi connectivity index (χ0v) is 16.0. The average molecular weight is 427 g/mol. The molecule has 29 heavy (non-hydrogen) atoms. The number of anilines is 2. The van der Waals surface area contributed by atoms with Crippen LogP contribution in [0.25, 0.3) is 10.2 Å². The molecule has 1 aliphatic heterocycles. The molecule has 0 aliphatic carbocycles. The number of piperidine rings is 1. The highest BCUT2D eigenvalue weighted by atomic mass is 32.1. The van der Waals surface area contributed by atoms with Crippen molar-refractivity contribution in [2.24, 2.45) is 0 Å². The summed E-state index contributed by atoms with van der Waals surface area (Å²) in [5.74, 6) is -4.85. The molecule has 4 rings (SSSR count). The first-order valence-corrected chi connectivity index (χ1v) is 9.98. The molecule has 0 radical (unpaired) electrons. The monoisotopic (exact) mass is 427 g/mol. The minimum Gasteiger partial charge on any atom is -0.382 e. The van der Waals surface area contributed by atoms with Crippen molar-refractivity contribution in [3.63, 3.8) is 0 Å². The van der Waals surface area contributed by atoms with Crippen LogP contribution >= 0.6 is 11.3 Å². The first kappa shape index (κ1) is 19.9. The van der Waals surface area contributed by atoms with Crippen LogP contribution in [0.3, 0.4) is 0 Å². The van der Waals surface area contributed by atoms with Crippen molar-refractivity contribution in [1.82, 2.24) is 4.98 Å². The lowest BCUT2D eigenvalue weighted by atomic mass is 10.0. The van der Waals surface area contributed by atoms with Gasteiger partial charge in [0, 0.05) is 30.4 Å². The maximum absolute atomic E-state index is 13.4. The van der Waals surface area contributed by atoms with Crippen molar-refractivity contribution in [3.8, 4) is 0 Å². The Morgan fingerprint density at radius 3 is 2.21 bits per heavy atom. The van der Waals surface area contributed by atoms with Gasteiger partial charge in [-0.15, -0.1) is 0 Å². The van der Waals surface area contributed by atoms with Gasteiger partial charge in [0.2, 0.25) is 0 Å². The molecule has 0 spiro atoms. The second kappa shape index (κ2) is 7.44. The normalized spacial score (nSPS) is 16.4. The van der Waals surface area contributed by atoms with E-state index in [0.717, 1.165) is 53.4 Å². The third-order valence-electron chi connectivity index (χ3n) is 5.02. The second-order valence-corrected chi connectivity index (χ2v) is 8.03. The van der Waals surface area contributed by atoms with Crippen LogP contribution in [0.4, 0.5) is 32.8 Å². The van der Waals surface area contributed by atoms with Gasteiger partial charge in [0.25, 0.3) is 0 Å². The fourth-order valence-corrected chi connectivity index (χ4v) is 4.40. The number of nitrogens with zero attached hydrogens (tertiary/aromatic N) is 2. The highest BCUT2D eigenvalue weighted by molar-refractivity contribution is 7.22. The summed E-state index contributed by atoms with van der Waals surface area (Å²) in [6, 6.07) is 12.3. The maximum atomic E-state index is 13.4. The van der Waals surface area contributed by atoms with Gasteiger partial charge < -0.3 is 10.2 Å². The molecule has 0 bridgehead atoms. The lowest BCUT2D eigenvalue weighted by Crippen LogP contribution is -2.39. The van der Waals surface area contributed by atoms with Gasteiger partial charge in [-0.25, -0.2) is 4.98 Å². The van der Waals surface area contributed by atoms with Crippen LogP contribution in [-0.2, 0) is 5.92 Å². The molecule has 9 heteroatoms. The smallest absolute Gasteiger partial charge is 0.382 e. The molecule has 1 fully saturated rings. The quantitative estimate of drug-likeness (QED) is 0.515. The molecular weight excluding hydrogens is 409 g/mol. The molecule has 154 valence electrons. The zero-order valence-electron chi connectivity index (χ0n) is 15.2. The summed E-state index contributed by atoms with van der Waals surface area (Å²) >= 11 is 1.65. The third kappa shape index (κ3) is 4.01. The number of para-hydroxylation sites is 1. The van der Waals surface area contributed by atoms with E-state index in [2.05, 4.69) is 15.2 Å². The SMILES string of the molecule is FC(F)(F)C(F)(F)c1ccc(NC2CCN(c3nc4ccccc4s3)CC2)cc1. The minimum absolute atomic E-state index is 0.120. The first-order valence-electron chi connectivity index (χ1n) is 9.16. The molecule has 1 saturated heterocycles. The standard InChI is InChI=1S/C20H18F5N3S/c21-19(22,20(23,24)25)13-5-7-14(8-6-13)26-15-9-11-28(12-10-15)18-27-16-3-1-2-4-17(16)29-18/h1-8,15,26H,9-12H2. The summed E-state index contributed by atoms with van der Waals surface area (Å²) in [5, 5.41) is 4.20. The number of aromatic nitrogens is 1. The van der Waals surface area contributed by atoms with Gasteiger partial charge in [-0.1, -0.05) is 35.6 Å². The lowest BCUT2D eigenvalue weighted by molar-refractivity contribution is -0.289. The molecule has 2 aromatic carbocycles. The van der Waals surface area contributed by atoms with Gasteiger partial charge in [-0.05, 0) is 37.1 Å². The van der Waals surface area contributed by atoms with E-state index in [4.69, 9.17) is 0 Å². The predicted molar refractivity (Wildman–Crippen MR) is 105 cm³/mol. The molecule has 0 atom stereocenters. The van der Waals surface area contributed by atoms with Gasteiger partial charge in [-0.3, -0.25) is 0 Å². The third-order valence-corrected chi connectivity index (χ3v) is 6.12. The molecule has 0 amide bonds. The topological polar surface area (TPSA) is 28.2 Å². The number of rotatable bonds is 4. The van der Waals surface area contributed by atoms with E-state index in [1.807, 2.05) is 24.3 Å². The molecule has 1 aromatic heterocycles. The van der Waals surface area contributed by atoms with Crippen molar-refractivity contribution in [1.29, 1.82) is 0 Å². The number of hydrogen-bond acceptors (Lipinski definition) is 4. The minimum atomic E-state index is -5.60. The highest BCUT2D eigenvalue weighted by Crippen LogP contribution is 2.44. The largest absolute Gasteiger partial charge is 0.458 e. The van der Waals surface area contributed by atoms with Gasteiger partial charge in [0.15, 0.2) is 5.13 Å². The van der Waals surface area contributed by atoms with Crippen LogP contribution in [0.5, 0.6) is 0 Å². The highest BCUT2D eigenvalue weighted by Gasteiger charge is 2.58. The first-order chi connectivity index (χ1) is 13.7. The van der Waals surface area contributed by atoms with Crippen molar-refractivity contribution in [3.05, 3.63) is 54.1 Å². The van der Waals surface area contributed by atoms with Crippen molar-refractivity contribution in [2.75, 3.05) is 23.3 Å². The van der Waals surface area contributed by atoms with Crippen LogP contribution in [-0.4, -0.2) is 30.3 Å². The van der Waals surface area contributed by atoms with E-state index in [1.165, 1.54) is 12.1 Å². The Bertz CT molecular complexity index is 943. The van der Waals surface area contributed by atoms with Crippen LogP contribution in [0, 0.1) is 0 Å². The van der Waals surface area contributed by atoms with Crippen molar-refractivity contribution >= 4 is 32.4 Å². The Hall–Kier alpha value is -2.42. The molecule has 2 heterocycles. The molecule has 1 N–H and O–H groups in total. The molecule has 1 aliphatic rings. The van der Waals surface area contributed by atoms with Crippen LogP contribution in [0.1, 0.15) is 18.4 Å². The summed E-state index contributed by atoms with van der Waals surface area (Å²) in [4.78, 5) is 6.88. The summed E-state index contributed by atoms with van der Waals surface area (Å²) in [7, 11) is 0. The van der Waals surface area contributed by atoms with Crippen LogP contribution in [0.2, 0.25) is 0 Å². The number of nitrogens with one attached hydrogen (secondary N) is 1. The number of thiazole rings is 1. The Balaban J connectivity index is 1.36. The van der Waals surface area contributed by atoms with E-state index in [1.54, 1.807) is 11.3 Å². The van der Waals surface area contributed by atoms with E-state index in [9.17, 15) is 22.0 Å². The summed E-state index contributed by atoms with van der Waals surface area (Å²) in [5.41, 5.74) is 0.454. The number of halogens is 5. The van der Waals surface area contributed by atoms with Gasteiger partial charge in [-0.2, -0.15) is 22.0 Å². The average Bonchev–Trinajstić information content (AvgIpc) is 3.12. The van der Waals surface area contributed by atoms with E-state index in [0.29, 0.717) is 5.69 Å². The van der Waals surface area contributed by atoms with Gasteiger partial charge in [0.1, 0.15) is 0 Å². The Kier molecular flexibility index (Phi) is 5.10. The Labute approximate surface area is 168 Å². The van der Waals surface area contributed by atoms with E-state index < -0.39 is 17.7 Å². The zero-order chi connectivity index (χ0) is 20.6. The number of hydrogen-bond donors (Lipinski definition) is 1. The fraction of sp³-hybridized carbons (Fsp3) is 0.350.